The van der Waals surface area contributed by atoms with Crippen LogP contribution in [-0.2, 0) is 30.5 Å². The third-order valence-electron chi connectivity index (χ3n) is 6.67. The van der Waals surface area contributed by atoms with Crippen LogP contribution in [0, 0.1) is 6.92 Å². The van der Waals surface area contributed by atoms with Crippen molar-refractivity contribution in [2.24, 2.45) is 0 Å². The number of nitrogens with zero attached hydrogens (tertiary/aromatic N) is 2. The molecule has 0 bridgehead atoms. The number of carboxylic acid groups (broad SMARTS) is 1. The molecule has 35 heavy (non-hydrogen) atoms. The molecule has 1 aromatic carbocycles. The molecule has 2 atom stereocenters. The van der Waals surface area contributed by atoms with Crippen molar-refractivity contribution in [2.75, 3.05) is 30.6 Å². The zero-order valence-corrected chi connectivity index (χ0v) is 23.1. The van der Waals surface area contributed by atoms with Gasteiger partial charge in [-0.3, -0.25) is 0 Å². The highest BCUT2D eigenvalue weighted by Gasteiger charge is 2.43. The Hall–Kier alpha value is -1.68. The number of hydrogen-bond acceptors (Lipinski definition) is 5. The van der Waals surface area contributed by atoms with Gasteiger partial charge in [0.2, 0.25) is 0 Å². The summed E-state index contributed by atoms with van der Waals surface area (Å²) in [6.07, 6.45) is 1.18. The van der Waals surface area contributed by atoms with Crippen LogP contribution in [0.25, 0.3) is 0 Å². The average Bonchev–Trinajstić information content (AvgIpc) is 3.40. The highest BCUT2D eigenvalue weighted by molar-refractivity contribution is 7.91. The van der Waals surface area contributed by atoms with E-state index in [2.05, 4.69) is 0 Å². The van der Waals surface area contributed by atoms with E-state index in [1.54, 1.807) is 0 Å². The summed E-state index contributed by atoms with van der Waals surface area (Å²) >= 11 is 0. The van der Waals surface area contributed by atoms with E-state index in [1.807, 2.05) is 60.6 Å². The molecule has 1 aromatic rings. The molecule has 3 rings (SSSR count). The van der Waals surface area contributed by atoms with Crippen LogP contribution in [0.4, 0.5) is 10.5 Å². The van der Waals surface area contributed by atoms with Crippen molar-refractivity contribution in [3.8, 4) is 0 Å². The fourth-order valence-electron chi connectivity index (χ4n) is 4.86. The molecular formula is C26H42N2O6S. The Morgan fingerprint density at radius 1 is 0.943 bits per heavy atom. The number of benzene rings is 1. The molecule has 2 aliphatic rings. The van der Waals surface area contributed by atoms with Crippen molar-refractivity contribution in [3.63, 3.8) is 0 Å². The minimum absolute atomic E-state index is 0.105. The van der Waals surface area contributed by atoms with E-state index in [-0.39, 0.29) is 31.0 Å². The van der Waals surface area contributed by atoms with Gasteiger partial charge in [-0.25, -0.2) is 4.79 Å². The fraction of sp³-hybridized carbons (Fsp3) is 0.731. The van der Waals surface area contributed by atoms with E-state index in [4.69, 9.17) is 9.47 Å². The lowest BCUT2D eigenvalue weighted by Crippen LogP contribution is -2.52. The van der Waals surface area contributed by atoms with Crippen molar-refractivity contribution in [3.05, 3.63) is 28.8 Å². The van der Waals surface area contributed by atoms with Crippen LogP contribution in [0.2, 0.25) is 0 Å². The number of rotatable bonds is 7. The summed E-state index contributed by atoms with van der Waals surface area (Å²) in [5.74, 6) is 0. The predicted molar refractivity (Wildman–Crippen MR) is 138 cm³/mol. The molecule has 1 amide bonds. The molecule has 0 aliphatic carbocycles. The Morgan fingerprint density at radius 3 is 1.69 bits per heavy atom. The number of amides is 1. The molecule has 9 heteroatoms. The Labute approximate surface area is 210 Å². The minimum atomic E-state index is -4.46. The van der Waals surface area contributed by atoms with Gasteiger partial charge in [0.1, 0.15) is 0 Å². The second-order valence-electron chi connectivity index (χ2n) is 11.9. The Morgan fingerprint density at radius 2 is 1.37 bits per heavy atom. The first-order chi connectivity index (χ1) is 16.1. The molecule has 2 fully saturated rings. The molecule has 8 nitrogen and oxygen atoms in total. The normalized spacial score (nSPS) is 21.6. The Kier molecular flexibility index (Phi) is 8.26. The zero-order chi connectivity index (χ0) is 26.2. The molecule has 0 spiro atoms. The third kappa shape index (κ3) is 6.37. The maximum Gasteiger partial charge on any atom is 0.426 e. The summed E-state index contributed by atoms with van der Waals surface area (Å²) in [5.41, 5.74) is 1.58. The summed E-state index contributed by atoms with van der Waals surface area (Å²) < 4.78 is 41.9. The summed E-state index contributed by atoms with van der Waals surface area (Å²) in [4.78, 5) is 12.8. The molecule has 1 N–H and O–H groups in total. The smallest absolute Gasteiger partial charge is 0.426 e. The van der Waals surface area contributed by atoms with Crippen LogP contribution in [0.3, 0.4) is 0 Å². The van der Waals surface area contributed by atoms with Crippen LogP contribution >= 0.6 is 0 Å². The maximum atomic E-state index is 14.3. The number of hydrogen-bond donors (Lipinski definition) is 1. The van der Waals surface area contributed by atoms with Crippen molar-refractivity contribution >= 4 is 22.0 Å². The highest BCUT2D eigenvalue weighted by Crippen LogP contribution is 2.42. The van der Waals surface area contributed by atoms with Gasteiger partial charge >= 0.3 is 16.3 Å². The van der Waals surface area contributed by atoms with Crippen molar-refractivity contribution in [1.82, 2.24) is 4.31 Å². The first-order valence-electron chi connectivity index (χ1n) is 12.5. The number of anilines is 1. The molecule has 2 heterocycles. The largest absolute Gasteiger partial charge is 0.464 e. The van der Waals surface area contributed by atoms with E-state index >= 15 is 0 Å². The Bertz CT molecular complexity index is 960. The molecule has 0 radical (unpaired) electrons. The van der Waals surface area contributed by atoms with Gasteiger partial charge in [-0.1, -0.05) is 59.2 Å². The zero-order valence-electron chi connectivity index (χ0n) is 22.3. The topological polar surface area (TPSA) is 96.4 Å². The van der Waals surface area contributed by atoms with Gasteiger partial charge in [-0.15, -0.1) is 0 Å². The van der Waals surface area contributed by atoms with Gasteiger partial charge in [0, 0.05) is 26.3 Å². The molecule has 0 saturated carbocycles. The first kappa shape index (κ1) is 27.9. The third-order valence-corrected chi connectivity index (χ3v) is 8.42. The van der Waals surface area contributed by atoms with Gasteiger partial charge in [0.05, 0.1) is 17.9 Å². The van der Waals surface area contributed by atoms with Crippen molar-refractivity contribution in [2.45, 2.75) is 97.2 Å². The van der Waals surface area contributed by atoms with Gasteiger partial charge < -0.3 is 14.6 Å². The summed E-state index contributed by atoms with van der Waals surface area (Å²) in [6, 6.07) is 3.81. The van der Waals surface area contributed by atoms with Crippen LogP contribution in [0.5, 0.6) is 0 Å². The predicted octanol–water partition coefficient (Wildman–Crippen LogP) is 4.98. The first-order valence-corrected chi connectivity index (χ1v) is 13.9. The fourth-order valence-corrected chi connectivity index (χ4v) is 6.43. The van der Waals surface area contributed by atoms with Gasteiger partial charge in [0.15, 0.2) is 0 Å². The van der Waals surface area contributed by atoms with Crippen LogP contribution in [-0.4, -0.2) is 62.4 Å². The molecule has 2 saturated heterocycles. The number of aryl methyl sites for hydroxylation is 1. The molecular weight excluding hydrogens is 468 g/mol. The summed E-state index contributed by atoms with van der Waals surface area (Å²) in [5, 5.41) is 10.4. The van der Waals surface area contributed by atoms with Crippen LogP contribution < -0.4 is 4.31 Å². The van der Waals surface area contributed by atoms with E-state index in [0.29, 0.717) is 28.6 Å². The van der Waals surface area contributed by atoms with Crippen molar-refractivity contribution in [1.29, 1.82) is 0 Å². The molecule has 198 valence electrons. The standard InChI is InChI=1S/C26H42N2O6S/c1-18-14-21(25(2,3)4)23(22(15-18)26(5,6)7)28(24(29)30)35(31,32)27(16-19-10-8-12-33-19)17-20-11-9-13-34-20/h14-15,19-20H,8-13,16-17H2,1-7H3,(H,29,30). The van der Waals surface area contributed by atoms with E-state index in [0.717, 1.165) is 31.2 Å². The number of ether oxygens (including phenoxy) is 2. The summed E-state index contributed by atoms with van der Waals surface area (Å²) in [7, 11) is -4.46. The molecule has 2 aliphatic heterocycles. The SMILES string of the molecule is Cc1cc(C(C)(C)C)c(N(C(=O)O)S(=O)(=O)N(CC2CCCO2)CC2CCCO2)c(C(C)(C)C)c1. The van der Waals surface area contributed by atoms with E-state index in [1.165, 1.54) is 4.31 Å². The maximum absolute atomic E-state index is 14.3. The lowest BCUT2D eigenvalue weighted by molar-refractivity contribution is 0.0647. The second kappa shape index (κ2) is 10.4. The minimum Gasteiger partial charge on any atom is -0.464 e. The lowest BCUT2D eigenvalue weighted by atomic mass is 9.77. The molecule has 2 unspecified atom stereocenters. The quantitative estimate of drug-likeness (QED) is 0.556. The summed E-state index contributed by atoms with van der Waals surface area (Å²) in [6.45, 7) is 15.2. The molecule has 0 aromatic heterocycles. The average molecular weight is 511 g/mol. The van der Waals surface area contributed by atoms with Crippen LogP contribution in [0.1, 0.15) is 83.9 Å². The van der Waals surface area contributed by atoms with Crippen molar-refractivity contribution < 1.29 is 27.8 Å². The van der Waals surface area contributed by atoms with Crippen LogP contribution in [0.15, 0.2) is 12.1 Å². The van der Waals surface area contributed by atoms with Gasteiger partial charge in [-0.2, -0.15) is 17.0 Å². The van der Waals surface area contributed by atoms with Gasteiger partial charge in [0.25, 0.3) is 0 Å². The van der Waals surface area contributed by atoms with Gasteiger partial charge in [-0.05, 0) is 54.6 Å². The number of carbonyl (C=O) groups is 1. The monoisotopic (exact) mass is 510 g/mol. The van der Waals surface area contributed by atoms with E-state index in [9.17, 15) is 18.3 Å². The second-order valence-corrected chi connectivity index (χ2v) is 13.6. The van der Waals surface area contributed by atoms with E-state index < -0.39 is 27.1 Å². The Balaban J connectivity index is 2.20. The highest BCUT2D eigenvalue weighted by atomic mass is 32.2. The lowest BCUT2D eigenvalue weighted by Gasteiger charge is -2.37.